The highest BCUT2D eigenvalue weighted by Gasteiger charge is 2.18. The average molecular weight is 278 g/mol. The topological polar surface area (TPSA) is 67.6 Å². The van der Waals surface area contributed by atoms with E-state index < -0.39 is 0 Å². The van der Waals surface area contributed by atoms with E-state index in [-0.39, 0.29) is 11.5 Å². The molecule has 0 aliphatic carbocycles. The van der Waals surface area contributed by atoms with Gasteiger partial charge in [-0.15, -0.1) is 0 Å². The molecule has 0 aliphatic heterocycles. The molecule has 1 heterocycles. The molecule has 0 saturated carbocycles. The second kappa shape index (κ2) is 5.10. The van der Waals surface area contributed by atoms with Crippen LogP contribution >= 0.6 is 0 Å². The van der Waals surface area contributed by atoms with Gasteiger partial charge in [-0.3, -0.25) is 0 Å². The van der Waals surface area contributed by atoms with Crippen LogP contribution in [0, 0.1) is 17.1 Å². The van der Waals surface area contributed by atoms with E-state index >= 15 is 0 Å². The van der Waals surface area contributed by atoms with E-state index in [1.807, 2.05) is 36.4 Å². The minimum absolute atomic E-state index is 0.211. The van der Waals surface area contributed by atoms with Crippen molar-refractivity contribution in [3.05, 3.63) is 66.1 Å². The number of nitrogen functional groups attached to an aromatic ring is 1. The van der Waals surface area contributed by atoms with Gasteiger partial charge in [-0.2, -0.15) is 10.4 Å². The third kappa shape index (κ3) is 2.23. The zero-order valence-corrected chi connectivity index (χ0v) is 11.0. The Morgan fingerprint density at radius 3 is 2.33 bits per heavy atom. The average Bonchev–Trinajstić information content (AvgIpc) is 2.86. The van der Waals surface area contributed by atoms with Crippen LogP contribution in [0.15, 0.2) is 54.6 Å². The van der Waals surface area contributed by atoms with Crippen LogP contribution in [0.25, 0.3) is 16.8 Å². The Morgan fingerprint density at radius 1 is 1.05 bits per heavy atom. The van der Waals surface area contributed by atoms with Crippen LogP contribution in [0.4, 0.5) is 10.2 Å². The van der Waals surface area contributed by atoms with Crippen LogP contribution in [-0.4, -0.2) is 9.78 Å². The minimum Gasteiger partial charge on any atom is -0.383 e. The molecule has 3 rings (SSSR count). The van der Waals surface area contributed by atoms with E-state index in [2.05, 4.69) is 5.10 Å². The van der Waals surface area contributed by atoms with Gasteiger partial charge in [0.05, 0.1) is 11.3 Å². The number of anilines is 1. The van der Waals surface area contributed by atoms with Crippen molar-refractivity contribution in [1.29, 1.82) is 5.26 Å². The summed E-state index contributed by atoms with van der Waals surface area (Å²) >= 11 is 0. The molecule has 0 unspecified atom stereocenters. The molecule has 0 spiro atoms. The van der Waals surface area contributed by atoms with Gasteiger partial charge >= 0.3 is 0 Å². The molecule has 0 fully saturated rings. The maximum atomic E-state index is 13.0. The van der Waals surface area contributed by atoms with E-state index in [4.69, 9.17) is 5.73 Å². The van der Waals surface area contributed by atoms with Gasteiger partial charge in [0.2, 0.25) is 0 Å². The molecule has 0 amide bonds. The highest BCUT2D eigenvalue weighted by atomic mass is 19.1. The molecule has 5 heteroatoms. The molecule has 102 valence electrons. The number of hydrogen-bond donors (Lipinski definition) is 1. The van der Waals surface area contributed by atoms with Crippen LogP contribution in [-0.2, 0) is 0 Å². The van der Waals surface area contributed by atoms with Crippen LogP contribution in [0.2, 0.25) is 0 Å². The number of halogens is 1. The molecule has 0 radical (unpaired) electrons. The minimum atomic E-state index is -0.341. The summed E-state index contributed by atoms with van der Waals surface area (Å²) in [4.78, 5) is 0. The lowest BCUT2D eigenvalue weighted by molar-refractivity contribution is 0.628. The molecule has 0 atom stereocenters. The van der Waals surface area contributed by atoms with E-state index in [0.717, 1.165) is 5.69 Å². The monoisotopic (exact) mass is 278 g/mol. The fourth-order valence-corrected chi connectivity index (χ4v) is 2.18. The quantitative estimate of drug-likeness (QED) is 0.783. The predicted molar refractivity (Wildman–Crippen MR) is 78.1 cm³/mol. The number of benzene rings is 2. The summed E-state index contributed by atoms with van der Waals surface area (Å²) < 4.78 is 14.5. The third-order valence-corrected chi connectivity index (χ3v) is 3.16. The van der Waals surface area contributed by atoms with E-state index in [9.17, 15) is 9.65 Å². The maximum Gasteiger partial charge on any atom is 0.172 e. The number of hydrogen-bond acceptors (Lipinski definition) is 3. The van der Waals surface area contributed by atoms with Crippen molar-refractivity contribution in [1.82, 2.24) is 9.78 Å². The first kappa shape index (κ1) is 12.9. The zero-order chi connectivity index (χ0) is 14.8. The molecule has 2 N–H and O–H groups in total. The number of rotatable bonds is 2. The maximum absolute atomic E-state index is 13.0. The highest BCUT2D eigenvalue weighted by molar-refractivity contribution is 5.79. The molecule has 1 aromatic heterocycles. The lowest BCUT2D eigenvalue weighted by Gasteiger charge is -2.05. The van der Waals surface area contributed by atoms with Crippen LogP contribution < -0.4 is 5.73 Å². The third-order valence-electron chi connectivity index (χ3n) is 3.16. The van der Waals surface area contributed by atoms with E-state index in [1.54, 1.807) is 12.1 Å². The van der Waals surface area contributed by atoms with Crippen molar-refractivity contribution in [3.63, 3.8) is 0 Å². The smallest absolute Gasteiger partial charge is 0.172 e. The first-order valence-corrected chi connectivity index (χ1v) is 6.30. The summed E-state index contributed by atoms with van der Waals surface area (Å²) in [6.45, 7) is 0. The van der Waals surface area contributed by atoms with Crippen molar-refractivity contribution >= 4 is 5.82 Å². The number of nitrogens with zero attached hydrogens (tertiary/aromatic N) is 3. The Morgan fingerprint density at radius 2 is 1.71 bits per heavy atom. The van der Waals surface area contributed by atoms with Gasteiger partial charge < -0.3 is 5.73 Å². The molecule has 2 aromatic carbocycles. The normalized spacial score (nSPS) is 10.3. The Kier molecular flexibility index (Phi) is 3.13. The van der Waals surface area contributed by atoms with Crippen LogP contribution in [0.1, 0.15) is 5.69 Å². The summed E-state index contributed by atoms with van der Waals surface area (Å²) in [7, 11) is 0. The zero-order valence-electron chi connectivity index (χ0n) is 11.0. The van der Waals surface area contributed by atoms with Gasteiger partial charge in [-0.05, 0) is 29.8 Å². The summed E-state index contributed by atoms with van der Waals surface area (Å²) in [6.07, 6.45) is 0. The Balaban J connectivity index is 2.20. The summed E-state index contributed by atoms with van der Waals surface area (Å²) in [5.41, 5.74) is 8.29. The van der Waals surface area contributed by atoms with Crippen molar-refractivity contribution in [2.75, 3.05) is 5.73 Å². The molecule has 0 bridgehead atoms. The number of aromatic nitrogens is 2. The lowest BCUT2D eigenvalue weighted by Crippen LogP contribution is -2.01. The number of para-hydroxylation sites is 1. The predicted octanol–water partition coefficient (Wildman–Crippen LogP) is 3.13. The fourth-order valence-electron chi connectivity index (χ4n) is 2.18. The van der Waals surface area contributed by atoms with E-state index in [1.165, 1.54) is 16.8 Å². The molecule has 0 aliphatic rings. The van der Waals surface area contributed by atoms with Crippen molar-refractivity contribution in [2.24, 2.45) is 0 Å². The van der Waals surface area contributed by atoms with Crippen LogP contribution in [0.5, 0.6) is 0 Å². The van der Waals surface area contributed by atoms with Crippen molar-refractivity contribution in [3.8, 4) is 22.9 Å². The molecule has 4 nitrogen and oxygen atoms in total. The largest absolute Gasteiger partial charge is 0.383 e. The van der Waals surface area contributed by atoms with Gasteiger partial charge in [0.15, 0.2) is 5.69 Å². The Bertz CT molecular complexity index is 814. The summed E-state index contributed by atoms with van der Waals surface area (Å²) in [5, 5.41) is 13.5. The molecule has 3 aromatic rings. The van der Waals surface area contributed by atoms with Gasteiger partial charge in [-0.1, -0.05) is 30.3 Å². The molecular weight excluding hydrogens is 267 g/mol. The molecular formula is C16H11FN4. The van der Waals surface area contributed by atoms with Crippen molar-refractivity contribution < 1.29 is 4.39 Å². The second-order valence-corrected chi connectivity index (χ2v) is 4.47. The first-order valence-electron chi connectivity index (χ1n) is 6.30. The van der Waals surface area contributed by atoms with Gasteiger partial charge in [0.1, 0.15) is 17.7 Å². The number of nitriles is 1. The van der Waals surface area contributed by atoms with Crippen LogP contribution in [0.3, 0.4) is 0 Å². The van der Waals surface area contributed by atoms with Crippen molar-refractivity contribution in [2.45, 2.75) is 0 Å². The SMILES string of the molecule is N#Cc1nn(-c2ccccc2)c(N)c1-c1ccc(F)cc1. The van der Waals surface area contributed by atoms with E-state index in [0.29, 0.717) is 16.9 Å². The van der Waals surface area contributed by atoms with Gasteiger partial charge in [-0.25, -0.2) is 9.07 Å². The Labute approximate surface area is 120 Å². The fraction of sp³-hybridized carbons (Fsp3) is 0. The Hall–Kier alpha value is -3.13. The van der Waals surface area contributed by atoms with Gasteiger partial charge in [0.25, 0.3) is 0 Å². The first-order chi connectivity index (χ1) is 10.2. The van der Waals surface area contributed by atoms with Gasteiger partial charge in [0, 0.05) is 0 Å². The lowest BCUT2D eigenvalue weighted by atomic mass is 10.1. The molecule has 0 saturated heterocycles. The number of nitrogens with two attached hydrogens (primary N) is 1. The second-order valence-electron chi connectivity index (χ2n) is 4.47. The molecule has 21 heavy (non-hydrogen) atoms. The standard InChI is InChI=1S/C16H11FN4/c17-12-8-6-11(7-9-12)15-14(10-18)20-21(16(15)19)13-4-2-1-3-5-13/h1-9H,19H2. The summed E-state index contributed by atoms with van der Waals surface area (Å²) in [6, 6.07) is 17.2. The highest BCUT2D eigenvalue weighted by Crippen LogP contribution is 2.31. The summed E-state index contributed by atoms with van der Waals surface area (Å²) in [5.74, 6) is 0.00985.